The summed E-state index contributed by atoms with van der Waals surface area (Å²) >= 11 is 0. The van der Waals surface area contributed by atoms with E-state index in [1.807, 2.05) is 19.1 Å². The van der Waals surface area contributed by atoms with Crippen LogP contribution in [0.3, 0.4) is 0 Å². The number of carbonyl (C=O) groups excluding carboxylic acids is 1. The van der Waals surface area contributed by atoms with Crippen LogP contribution < -0.4 is 14.8 Å². The van der Waals surface area contributed by atoms with E-state index in [1.165, 1.54) is 18.2 Å². The van der Waals surface area contributed by atoms with Gasteiger partial charge in [0.15, 0.2) is 11.5 Å². The number of pyridine rings is 1. The first-order valence-corrected chi connectivity index (χ1v) is 10.00. The molecule has 31 heavy (non-hydrogen) atoms. The van der Waals surface area contributed by atoms with Gasteiger partial charge in [0.05, 0.1) is 6.61 Å². The van der Waals surface area contributed by atoms with Crippen molar-refractivity contribution in [2.24, 2.45) is 0 Å². The number of rotatable bonds is 9. The number of aromatic nitrogens is 1. The van der Waals surface area contributed by atoms with Gasteiger partial charge in [-0.05, 0) is 56.7 Å². The first kappa shape index (κ1) is 22.2. The molecule has 5 nitrogen and oxygen atoms in total. The van der Waals surface area contributed by atoms with Gasteiger partial charge in [-0.2, -0.15) is 0 Å². The zero-order chi connectivity index (χ0) is 22.2. The predicted molar refractivity (Wildman–Crippen MR) is 113 cm³/mol. The van der Waals surface area contributed by atoms with Crippen LogP contribution in [-0.4, -0.2) is 23.5 Å². The number of hydrogen-bond donors (Lipinski definition) is 1. The van der Waals surface area contributed by atoms with Crippen molar-refractivity contribution < 1.29 is 23.0 Å². The Labute approximate surface area is 180 Å². The van der Waals surface area contributed by atoms with Gasteiger partial charge in [-0.15, -0.1) is 0 Å². The maximum Gasteiger partial charge on any atom is 0.251 e. The van der Waals surface area contributed by atoms with Crippen LogP contribution in [0, 0.1) is 11.6 Å². The van der Waals surface area contributed by atoms with Gasteiger partial charge in [-0.3, -0.25) is 9.78 Å². The van der Waals surface area contributed by atoms with Crippen molar-refractivity contribution in [1.82, 2.24) is 10.3 Å². The highest BCUT2D eigenvalue weighted by molar-refractivity contribution is 5.95. The van der Waals surface area contributed by atoms with Crippen molar-refractivity contribution in [1.29, 1.82) is 0 Å². The number of hydrogen-bond acceptors (Lipinski definition) is 4. The summed E-state index contributed by atoms with van der Waals surface area (Å²) in [6.07, 6.45) is 3.43. The van der Waals surface area contributed by atoms with Crippen molar-refractivity contribution >= 4 is 5.91 Å². The molecule has 0 aliphatic rings. The van der Waals surface area contributed by atoms with E-state index in [9.17, 15) is 13.6 Å². The molecule has 162 valence electrons. The minimum atomic E-state index is -0.630. The zero-order valence-electron chi connectivity index (χ0n) is 17.4. The van der Waals surface area contributed by atoms with Gasteiger partial charge in [0.1, 0.15) is 18.2 Å². The Balaban J connectivity index is 1.68. The molecule has 0 aliphatic heterocycles. The van der Waals surface area contributed by atoms with Crippen LogP contribution in [0.4, 0.5) is 8.78 Å². The Bertz CT molecular complexity index is 1010. The normalized spacial score (nSPS) is 11.6. The van der Waals surface area contributed by atoms with Crippen LogP contribution in [0.1, 0.15) is 35.3 Å². The summed E-state index contributed by atoms with van der Waals surface area (Å²) in [5, 5.41) is 2.77. The molecule has 1 unspecified atom stereocenters. The molecule has 3 aromatic rings. The molecule has 0 aliphatic carbocycles. The summed E-state index contributed by atoms with van der Waals surface area (Å²) in [4.78, 5) is 16.7. The number of benzene rings is 2. The van der Waals surface area contributed by atoms with Gasteiger partial charge in [-0.1, -0.05) is 12.1 Å². The third-order valence-corrected chi connectivity index (χ3v) is 4.57. The first-order chi connectivity index (χ1) is 15.0. The molecule has 0 saturated heterocycles. The van der Waals surface area contributed by atoms with Gasteiger partial charge < -0.3 is 14.8 Å². The van der Waals surface area contributed by atoms with E-state index >= 15 is 0 Å². The summed E-state index contributed by atoms with van der Waals surface area (Å²) < 4.78 is 39.2. The van der Waals surface area contributed by atoms with Crippen molar-refractivity contribution in [3.8, 4) is 11.5 Å². The average molecular weight is 426 g/mol. The van der Waals surface area contributed by atoms with E-state index in [0.29, 0.717) is 30.3 Å². The Morgan fingerprint density at radius 2 is 1.84 bits per heavy atom. The number of nitrogens with one attached hydrogen (secondary N) is 1. The van der Waals surface area contributed by atoms with E-state index in [0.717, 1.165) is 5.56 Å². The lowest BCUT2D eigenvalue weighted by Gasteiger charge is -2.17. The van der Waals surface area contributed by atoms with Crippen molar-refractivity contribution in [2.75, 3.05) is 6.61 Å². The Morgan fingerprint density at radius 3 is 2.52 bits per heavy atom. The number of amides is 1. The fourth-order valence-corrected chi connectivity index (χ4v) is 3.07. The van der Waals surface area contributed by atoms with Crippen LogP contribution >= 0.6 is 0 Å². The summed E-state index contributed by atoms with van der Waals surface area (Å²) in [7, 11) is 0. The van der Waals surface area contributed by atoms with Crippen molar-refractivity contribution in [3.05, 3.63) is 89.2 Å². The smallest absolute Gasteiger partial charge is 0.251 e. The van der Waals surface area contributed by atoms with E-state index in [2.05, 4.69) is 10.3 Å². The van der Waals surface area contributed by atoms with E-state index < -0.39 is 17.7 Å². The van der Waals surface area contributed by atoms with E-state index in [4.69, 9.17) is 9.47 Å². The minimum absolute atomic E-state index is 0.0366. The van der Waals surface area contributed by atoms with Crippen molar-refractivity contribution in [3.63, 3.8) is 0 Å². The number of nitrogens with zero attached hydrogens (tertiary/aromatic N) is 1. The average Bonchev–Trinajstić information content (AvgIpc) is 2.76. The third-order valence-electron chi connectivity index (χ3n) is 4.57. The minimum Gasteiger partial charge on any atom is -0.490 e. The number of halogens is 2. The highest BCUT2D eigenvalue weighted by Crippen LogP contribution is 2.29. The molecule has 0 radical (unpaired) electrons. The van der Waals surface area contributed by atoms with Crippen LogP contribution in [0.2, 0.25) is 0 Å². The van der Waals surface area contributed by atoms with Gasteiger partial charge >= 0.3 is 0 Å². The zero-order valence-corrected chi connectivity index (χ0v) is 17.4. The Kier molecular flexibility index (Phi) is 7.54. The molecule has 7 heteroatoms. The molecule has 1 N–H and O–H groups in total. The second-order valence-corrected chi connectivity index (χ2v) is 7.02. The second kappa shape index (κ2) is 10.5. The molecule has 1 amide bonds. The molecule has 0 fully saturated rings. The number of ether oxygens (including phenoxy) is 2. The molecule has 1 heterocycles. The summed E-state index contributed by atoms with van der Waals surface area (Å²) in [6, 6.07) is 11.8. The first-order valence-electron chi connectivity index (χ1n) is 10.00. The molecule has 1 atom stereocenters. The van der Waals surface area contributed by atoms with Crippen LogP contribution in [-0.2, 0) is 13.0 Å². The van der Waals surface area contributed by atoms with E-state index in [-0.39, 0.29) is 17.9 Å². The Morgan fingerprint density at radius 1 is 1.06 bits per heavy atom. The van der Waals surface area contributed by atoms with Gasteiger partial charge in [0, 0.05) is 35.1 Å². The molecule has 0 spiro atoms. The number of carbonyl (C=O) groups is 1. The molecule has 2 aromatic carbocycles. The summed E-state index contributed by atoms with van der Waals surface area (Å²) in [5.41, 5.74) is 1.21. The lowest BCUT2D eigenvalue weighted by molar-refractivity contribution is 0.0939. The summed E-state index contributed by atoms with van der Waals surface area (Å²) in [5.74, 6) is -0.690. The van der Waals surface area contributed by atoms with E-state index in [1.54, 1.807) is 37.5 Å². The van der Waals surface area contributed by atoms with Crippen LogP contribution in [0.25, 0.3) is 0 Å². The van der Waals surface area contributed by atoms with Crippen LogP contribution in [0.15, 0.2) is 60.9 Å². The molecule has 1 aromatic heterocycles. The predicted octanol–water partition coefficient (Wildman–Crippen LogP) is 4.70. The molecular weight excluding hydrogens is 402 g/mol. The lowest BCUT2D eigenvalue weighted by atomic mass is 10.1. The maximum atomic E-state index is 13.9. The SMILES string of the molecule is CCOc1cc(C(=O)NC(C)Cc2c(F)cccc2F)ccc1OCc1cccnc1. The van der Waals surface area contributed by atoms with Crippen LogP contribution in [0.5, 0.6) is 11.5 Å². The quantitative estimate of drug-likeness (QED) is 0.539. The monoisotopic (exact) mass is 426 g/mol. The van der Waals surface area contributed by atoms with Gasteiger partial charge in [-0.25, -0.2) is 8.78 Å². The molecule has 0 saturated carbocycles. The van der Waals surface area contributed by atoms with Crippen molar-refractivity contribution in [2.45, 2.75) is 32.9 Å². The Hall–Kier alpha value is -3.48. The lowest BCUT2D eigenvalue weighted by Crippen LogP contribution is -2.34. The third kappa shape index (κ3) is 6.01. The maximum absolute atomic E-state index is 13.9. The highest BCUT2D eigenvalue weighted by atomic mass is 19.1. The van der Waals surface area contributed by atoms with Gasteiger partial charge in [0.25, 0.3) is 5.91 Å². The molecule has 3 rings (SSSR count). The second-order valence-electron chi connectivity index (χ2n) is 7.02. The topological polar surface area (TPSA) is 60.5 Å². The molecular formula is C24H24F2N2O3. The van der Waals surface area contributed by atoms with Gasteiger partial charge in [0.2, 0.25) is 0 Å². The fraction of sp³-hybridized carbons (Fsp3) is 0.250. The standard InChI is InChI=1S/C24H24F2N2O3/c1-3-30-23-13-18(9-10-22(23)31-15-17-6-5-11-27-14-17)24(29)28-16(2)12-19-20(25)7-4-8-21(19)26/h4-11,13-14,16H,3,12,15H2,1-2H3,(H,28,29). The molecule has 0 bridgehead atoms. The summed E-state index contributed by atoms with van der Waals surface area (Å²) in [6.45, 7) is 4.24. The highest BCUT2D eigenvalue weighted by Gasteiger charge is 2.17. The fourth-order valence-electron chi connectivity index (χ4n) is 3.07. The largest absolute Gasteiger partial charge is 0.490 e.